The van der Waals surface area contributed by atoms with Crippen LogP contribution in [0.3, 0.4) is 0 Å². The predicted molar refractivity (Wildman–Crippen MR) is 68.8 cm³/mol. The molecule has 0 aliphatic heterocycles. The number of oxazole rings is 1. The van der Waals surface area contributed by atoms with Crippen LogP contribution in [0.2, 0.25) is 5.15 Å². The predicted octanol–water partition coefficient (Wildman–Crippen LogP) is 3.55. The molecule has 90 valence electrons. The van der Waals surface area contributed by atoms with E-state index < -0.39 is 0 Å². The fraction of sp³-hybridized carbons (Fsp3) is 0.0769. The van der Waals surface area contributed by atoms with Crippen molar-refractivity contribution in [3.05, 3.63) is 42.1 Å². The average molecular weight is 261 g/mol. The SMILES string of the molecule is COc1ccc2c(Cl)ncc(-c3cnco3)c2c1. The van der Waals surface area contributed by atoms with Crippen molar-refractivity contribution >= 4 is 22.4 Å². The number of halogens is 1. The van der Waals surface area contributed by atoms with Gasteiger partial charge in [-0.3, -0.25) is 0 Å². The molecule has 2 aromatic heterocycles. The molecule has 0 aliphatic carbocycles. The molecule has 2 heterocycles. The minimum atomic E-state index is 0.455. The maximum atomic E-state index is 6.09. The molecule has 4 nitrogen and oxygen atoms in total. The third kappa shape index (κ3) is 1.71. The standard InChI is InChI=1S/C13H9ClN2O2/c1-17-8-2-3-9-10(4-8)11(5-16-13(9)14)12-6-15-7-18-12/h2-7H,1H3. The zero-order chi connectivity index (χ0) is 12.5. The fourth-order valence-corrected chi connectivity index (χ4v) is 2.07. The highest BCUT2D eigenvalue weighted by Gasteiger charge is 2.11. The van der Waals surface area contributed by atoms with Gasteiger partial charge in [-0.25, -0.2) is 9.97 Å². The van der Waals surface area contributed by atoms with E-state index in [9.17, 15) is 0 Å². The first-order valence-corrected chi connectivity index (χ1v) is 5.68. The van der Waals surface area contributed by atoms with Crippen LogP contribution in [0.4, 0.5) is 0 Å². The van der Waals surface area contributed by atoms with Crippen molar-refractivity contribution < 1.29 is 9.15 Å². The topological polar surface area (TPSA) is 48.2 Å². The van der Waals surface area contributed by atoms with Gasteiger partial charge in [0.25, 0.3) is 0 Å². The van der Waals surface area contributed by atoms with Gasteiger partial charge in [-0.1, -0.05) is 11.6 Å². The van der Waals surface area contributed by atoms with Crippen molar-refractivity contribution in [1.82, 2.24) is 9.97 Å². The maximum Gasteiger partial charge on any atom is 0.181 e. The number of nitrogens with zero attached hydrogens (tertiary/aromatic N) is 2. The van der Waals surface area contributed by atoms with Crippen LogP contribution >= 0.6 is 11.6 Å². The van der Waals surface area contributed by atoms with Gasteiger partial charge in [0.2, 0.25) is 0 Å². The summed E-state index contributed by atoms with van der Waals surface area (Å²) in [6, 6.07) is 5.63. The Hall–Kier alpha value is -2.07. The Labute approximate surface area is 108 Å². The molecule has 0 N–H and O–H groups in total. The van der Waals surface area contributed by atoms with Gasteiger partial charge >= 0.3 is 0 Å². The summed E-state index contributed by atoms with van der Waals surface area (Å²) >= 11 is 6.09. The van der Waals surface area contributed by atoms with Gasteiger partial charge in [0, 0.05) is 22.5 Å². The molecule has 0 fully saturated rings. The van der Waals surface area contributed by atoms with Gasteiger partial charge < -0.3 is 9.15 Å². The number of aromatic nitrogens is 2. The summed E-state index contributed by atoms with van der Waals surface area (Å²) in [7, 11) is 1.62. The number of rotatable bonds is 2. The molecule has 1 aromatic carbocycles. The van der Waals surface area contributed by atoms with Crippen LogP contribution in [0.1, 0.15) is 0 Å². The van der Waals surface area contributed by atoms with Crippen molar-refractivity contribution in [3.63, 3.8) is 0 Å². The summed E-state index contributed by atoms with van der Waals surface area (Å²) < 4.78 is 10.5. The van der Waals surface area contributed by atoms with Gasteiger partial charge in [-0.05, 0) is 18.2 Å². The fourth-order valence-electron chi connectivity index (χ4n) is 1.86. The van der Waals surface area contributed by atoms with Crippen molar-refractivity contribution in [2.24, 2.45) is 0 Å². The first kappa shape index (κ1) is 11.0. The molecule has 3 rings (SSSR count). The van der Waals surface area contributed by atoms with E-state index in [2.05, 4.69) is 9.97 Å². The summed E-state index contributed by atoms with van der Waals surface area (Å²) in [6.07, 6.45) is 4.70. The Morgan fingerprint density at radius 1 is 1.22 bits per heavy atom. The van der Waals surface area contributed by atoms with Gasteiger partial charge in [0.05, 0.1) is 13.3 Å². The number of pyridine rings is 1. The lowest BCUT2D eigenvalue weighted by molar-refractivity contribution is 0.415. The van der Waals surface area contributed by atoms with Gasteiger partial charge in [0.1, 0.15) is 10.9 Å². The highest BCUT2D eigenvalue weighted by molar-refractivity contribution is 6.34. The van der Waals surface area contributed by atoms with E-state index in [1.165, 1.54) is 6.39 Å². The van der Waals surface area contributed by atoms with Crippen LogP contribution in [0.5, 0.6) is 5.75 Å². The molecule has 0 saturated carbocycles. The quantitative estimate of drug-likeness (QED) is 0.661. The molecule has 0 spiro atoms. The number of hydrogen-bond donors (Lipinski definition) is 0. The van der Waals surface area contributed by atoms with Crippen LogP contribution < -0.4 is 4.74 Å². The van der Waals surface area contributed by atoms with E-state index in [0.29, 0.717) is 10.9 Å². The minimum Gasteiger partial charge on any atom is -0.497 e. The minimum absolute atomic E-state index is 0.455. The molecule has 18 heavy (non-hydrogen) atoms. The van der Waals surface area contributed by atoms with Crippen LogP contribution in [0.15, 0.2) is 41.4 Å². The first-order chi connectivity index (χ1) is 8.79. The molecular weight excluding hydrogens is 252 g/mol. The number of benzene rings is 1. The van der Waals surface area contributed by atoms with Gasteiger partial charge in [-0.2, -0.15) is 0 Å². The zero-order valence-electron chi connectivity index (χ0n) is 9.55. The van der Waals surface area contributed by atoms with E-state index in [-0.39, 0.29) is 0 Å². The van der Waals surface area contributed by atoms with E-state index in [4.69, 9.17) is 20.8 Å². The second kappa shape index (κ2) is 4.31. The number of hydrogen-bond acceptors (Lipinski definition) is 4. The van der Waals surface area contributed by atoms with Crippen molar-refractivity contribution in [2.75, 3.05) is 7.11 Å². The third-order valence-corrected chi connectivity index (χ3v) is 3.05. The van der Waals surface area contributed by atoms with Crippen molar-refractivity contribution in [2.45, 2.75) is 0 Å². The van der Waals surface area contributed by atoms with E-state index in [1.807, 2.05) is 18.2 Å². The Kier molecular flexibility index (Phi) is 2.64. The summed E-state index contributed by atoms with van der Waals surface area (Å²) in [5.41, 5.74) is 0.839. The summed E-state index contributed by atoms with van der Waals surface area (Å²) in [5.74, 6) is 1.41. The molecule has 0 amide bonds. The number of ether oxygens (including phenoxy) is 1. The molecule has 0 aliphatic rings. The lowest BCUT2D eigenvalue weighted by Crippen LogP contribution is -1.87. The van der Waals surface area contributed by atoms with Crippen LogP contribution in [0, 0.1) is 0 Å². The molecule has 0 saturated heterocycles. The molecule has 5 heteroatoms. The largest absolute Gasteiger partial charge is 0.497 e. The Balaban J connectivity index is 2.35. The summed E-state index contributed by atoms with van der Waals surface area (Å²) in [6.45, 7) is 0. The molecular formula is C13H9ClN2O2. The van der Waals surface area contributed by atoms with Crippen molar-refractivity contribution in [3.8, 4) is 17.1 Å². The second-order valence-electron chi connectivity index (χ2n) is 3.74. The Morgan fingerprint density at radius 3 is 2.83 bits per heavy atom. The molecule has 0 unspecified atom stereocenters. The molecule has 0 radical (unpaired) electrons. The molecule has 0 atom stereocenters. The smallest absolute Gasteiger partial charge is 0.181 e. The lowest BCUT2D eigenvalue weighted by Gasteiger charge is -2.07. The van der Waals surface area contributed by atoms with Gasteiger partial charge in [-0.15, -0.1) is 0 Å². The Morgan fingerprint density at radius 2 is 2.11 bits per heavy atom. The van der Waals surface area contributed by atoms with E-state index >= 15 is 0 Å². The molecule has 3 aromatic rings. The highest BCUT2D eigenvalue weighted by Crippen LogP contribution is 2.33. The normalized spacial score (nSPS) is 10.8. The first-order valence-electron chi connectivity index (χ1n) is 5.30. The van der Waals surface area contributed by atoms with Crippen LogP contribution in [-0.2, 0) is 0 Å². The summed E-state index contributed by atoms with van der Waals surface area (Å²) in [4.78, 5) is 8.07. The zero-order valence-corrected chi connectivity index (χ0v) is 10.3. The number of fused-ring (bicyclic) bond motifs is 1. The second-order valence-corrected chi connectivity index (χ2v) is 4.10. The summed E-state index contributed by atoms with van der Waals surface area (Å²) in [5, 5.41) is 2.23. The highest BCUT2D eigenvalue weighted by atomic mass is 35.5. The van der Waals surface area contributed by atoms with E-state index in [1.54, 1.807) is 19.5 Å². The van der Waals surface area contributed by atoms with Crippen molar-refractivity contribution in [1.29, 1.82) is 0 Å². The van der Waals surface area contributed by atoms with Crippen LogP contribution in [0.25, 0.3) is 22.1 Å². The number of methoxy groups -OCH3 is 1. The maximum absolute atomic E-state index is 6.09. The van der Waals surface area contributed by atoms with Crippen LogP contribution in [-0.4, -0.2) is 17.1 Å². The third-order valence-electron chi connectivity index (χ3n) is 2.74. The molecule has 0 bridgehead atoms. The van der Waals surface area contributed by atoms with Gasteiger partial charge in [0.15, 0.2) is 12.2 Å². The average Bonchev–Trinajstić information content (AvgIpc) is 2.92. The van der Waals surface area contributed by atoms with E-state index in [0.717, 1.165) is 22.1 Å². The lowest BCUT2D eigenvalue weighted by atomic mass is 10.1. The Bertz CT molecular complexity index is 696. The monoisotopic (exact) mass is 260 g/mol.